The van der Waals surface area contributed by atoms with Crippen molar-refractivity contribution in [1.29, 1.82) is 0 Å². The number of hydrogen-bond donors (Lipinski definition) is 2. The highest BCUT2D eigenvalue weighted by atomic mass is 127. The first-order valence-electron chi connectivity index (χ1n) is 10.1. The molecule has 9 heteroatoms. The van der Waals surface area contributed by atoms with E-state index in [4.69, 9.17) is 0 Å². The van der Waals surface area contributed by atoms with Crippen molar-refractivity contribution in [3.8, 4) is 0 Å². The first-order valence-corrected chi connectivity index (χ1v) is 10.1. The van der Waals surface area contributed by atoms with Gasteiger partial charge in [0.15, 0.2) is 5.96 Å². The first-order chi connectivity index (χ1) is 14.6. The Morgan fingerprint density at radius 2 is 1.74 bits per heavy atom. The van der Waals surface area contributed by atoms with Gasteiger partial charge in [0, 0.05) is 44.0 Å². The van der Waals surface area contributed by atoms with Gasteiger partial charge < -0.3 is 20.4 Å². The molecule has 0 bridgehead atoms. The Balaban J connectivity index is 0.00000341. The van der Waals surface area contributed by atoms with Crippen LogP contribution in [0.15, 0.2) is 53.5 Å². The minimum absolute atomic E-state index is 0. The number of hydrogen-bond acceptors (Lipinski definition) is 3. The van der Waals surface area contributed by atoms with E-state index in [0.717, 1.165) is 37.0 Å². The first kappa shape index (κ1) is 24.8. The Kier molecular flexibility index (Phi) is 9.96. The molecular weight excluding hydrogens is 515 g/mol. The van der Waals surface area contributed by atoms with Gasteiger partial charge in [0.2, 0.25) is 5.91 Å². The molecule has 1 aliphatic rings. The van der Waals surface area contributed by atoms with Gasteiger partial charge in [-0.3, -0.25) is 4.79 Å². The molecule has 0 atom stereocenters. The van der Waals surface area contributed by atoms with Gasteiger partial charge in [-0.2, -0.15) is 0 Å². The van der Waals surface area contributed by atoms with Crippen LogP contribution >= 0.6 is 24.0 Å². The quantitative estimate of drug-likeness (QED) is 0.334. The molecule has 0 aromatic heterocycles. The molecule has 1 heterocycles. The van der Waals surface area contributed by atoms with Gasteiger partial charge in [-0.25, -0.2) is 13.8 Å². The fourth-order valence-corrected chi connectivity index (χ4v) is 3.29. The zero-order valence-electron chi connectivity index (χ0n) is 17.5. The highest BCUT2D eigenvalue weighted by Crippen LogP contribution is 2.15. The summed E-state index contributed by atoms with van der Waals surface area (Å²) < 4.78 is 27.1. The average molecular weight is 543 g/mol. The molecule has 31 heavy (non-hydrogen) atoms. The molecule has 0 saturated carbocycles. The molecule has 6 nitrogen and oxygen atoms in total. The third-order valence-electron chi connectivity index (χ3n) is 4.92. The molecule has 2 N–H and O–H groups in total. The fraction of sp³-hybridized carbons (Fsp3) is 0.364. The van der Waals surface area contributed by atoms with Crippen LogP contribution < -0.4 is 15.5 Å². The van der Waals surface area contributed by atoms with E-state index in [1.54, 1.807) is 0 Å². The molecule has 0 radical (unpaired) electrons. The number of aliphatic imine (C=N–C) groups is 1. The summed E-state index contributed by atoms with van der Waals surface area (Å²) in [6.45, 7) is 5.40. The Morgan fingerprint density at radius 1 is 1.03 bits per heavy atom. The number of anilines is 1. The van der Waals surface area contributed by atoms with Crippen molar-refractivity contribution in [3.05, 3.63) is 65.7 Å². The average Bonchev–Trinajstić information content (AvgIpc) is 2.78. The minimum atomic E-state index is -0.511. The predicted octanol–water partition coefficient (Wildman–Crippen LogP) is 2.99. The van der Waals surface area contributed by atoms with E-state index >= 15 is 0 Å². The summed E-state index contributed by atoms with van der Waals surface area (Å²) in [6.07, 6.45) is 0. The van der Waals surface area contributed by atoms with Crippen LogP contribution in [0.4, 0.5) is 14.5 Å². The number of nitrogens with zero attached hydrogens (tertiary/aromatic N) is 3. The van der Waals surface area contributed by atoms with Gasteiger partial charge in [-0.15, -0.1) is 24.0 Å². The fourth-order valence-electron chi connectivity index (χ4n) is 3.29. The van der Waals surface area contributed by atoms with Crippen LogP contribution in [0.2, 0.25) is 0 Å². The van der Waals surface area contributed by atoms with Gasteiger partial charge in [-0.05, 0) is 37.3 Å². The molecule has 2 aromatic carbocycles. The lowest BCUT2D eigenvalue weighted by molar-refractivity contribution is -0.130. The number of benzene rings is 2. The molecule has 1 aliphatic heterocycles. The summed E-state index contributed by atoms with van der Waals surface area (Å²) in [5.74, 6) is -0.657. The molecule has 1 amide bonds. The lowest BCUT2D eigenvalue weighted by atomic mass is 10.2. The van der Waals surface area contributed by atoms with E-state index in [0.29, 0.717) is 25.6 Å². The molecule has 1 fully saturated rings. The Hall–Kier alpha value is -2.43. The largest absolute Gasteiger partial charge is 0.368 e. The molecule has 3 rings (SSSR count). The van der Waals surface area contributed by atoms with E-state index in [1.165, 1.54) is 0 Å². The van der Waals surface area contributed by atoms with Gasteiger partial charge in [0.25, 0.3) is 0 Å². The number of carbonyl (C=O) groups excluding carboxylic acids is 1. The maximum Gasteiger partial charge on any atom is 0.242 e. The zero-order valence-corrected chi connectivity index (χ0v) is 19.8. The van der Waals surface area contributed by atoms with Crippen molar-refractivity contribution in [2.75, 3.05) is 44.2 Å². The minimum Gasteiger partial charge on any atom is -0.368 e. The summed E-state index contributed by atoms with van der Waals surface area (Å²) >= 11 is 0. The lowest BCUT2D eigenvalue weighted by Crippen LogP contribution is -2.52. The van der Waals surface area contributed by atoms with Crippen LogP contribution in [-0.2, 0) is 11.3 Å². The van der Waals surface area contributed by atoms with E-state index < -0.39 is 11.6 Å². The van der Waals surface area contributed by atoms with Crippen molar-refractivity contribution in [3.63, 3.8) is 0 Å². The van der Waals surface area contributed by atoms with Crippen molar-refractivity contribution >= 4 is 41.5 Å². The number of guanidine groups is 1. The van der Waals surface area contributed by atoms with Crippen LogP contribution in [0.1, 0.15) is 12.5 Å². The second-order valence-corrected chi connectivity index (χ2v) is 6.99. The Bertz CT molecular complexity index is 873. The number of piperazine rings is 1. The summed E-state index contributed by atoms with van der Waals surface area (Å²) in [7, 11) is 0. The summed E-state index contributed by atoms with van der Waals surface area (Å²) in [5.41, 5.74) is 1.32. The molecule has 1 saturated heterocycles. The van der Waals surface area contributed by atoms with Crippen LogP contribution in [0.25, 0.3) is 0 Å². The number of carbonyl (C=O) groups is 1. The Morgan fingerprint density at radius 3 is 2.42 bits per heavy atom. The highest BCUT2D eigenvalue weighted by Gasteiger charge is 2.21. The van der Waals surface area contributed by atoms with Crippen molar-refractivity contribution < 1.29 is 13.6 Å². The second kappa shape index (κ2) is 12.4. The van der Waals surface area contributed by atoms with E-state index in [2.05, 4.69) is 32.7 Å². The van der Waals surface area contributed by atoms with Crippen LogP contribution in [0.5, 0.6) is 0 Å². The molecule has 0 unspecified atom stereocenters. The van der Waals surface area contributed by atoms with Crippen LogP contribution in [-0.4, -0.2) is 56.0 Å². The number of nitrogens with one attached hydrogen (secondary N) is 2. The van der Waals surface area contributed by atoms with Crippen molar-refractivity contribution in [2.24, 2.45) is 4.99 Å². The van der Waals surface area contributed by atoms with Crippen molar-refractivity contribution in [1.82, 2.24) is 15.5 Å². The second-order valence-electron chi connectivity index (χ2n) is 6.99. The van der Waals surface area contributed by atoms with E-state index in [-0.39, 0.29) is 48.5 Å². The summed E-state index contributed by atoms with van der Waals surface area (Å²) in [6, 6.07) is 13.4. The topological polar surface area (TPSA) is 60.0 Å². The third-order valence-corrected chi connectivity index (χ3v) is 4.92. The van der Waals surface area contributed by atoms with Gasteiger partial charge in [0.1, 0.15) is 11.6 Å². The normalized spacial score (nSPS) is 14.1. The summed E-state index contributed by atoms with van der Waals surface area (Å²) in [4.78, 5) is 20.9. The van der Waals surface area contributed by atoms with Crippen LogP contribution in [0, 0.1) is 11.6 Å². The van der Waals surface area contributed by atoms with Gasteiger partial charge in [0.05, 0.1) is 13.1 Å². The highest BCUT2D eigenvalue weighted by molar-refractivity contribution is 14.0. The zero-order chi connectivity index (χ0) is 21.3. The van der Waals surface area contributed by atoms with Crippen molar-refractivity contribution in [2.45, 2.75) is 13.5 Å². The van der Waals surface area contributed by atoms with E-state index in [1.807, 2.05) is 30.0 Å². The molecule has 2 aromatic rings. The number of para-hydroxylation sites is 1. The van der Waals surface area contributed by atoms with E-state index in [9.17, 15) is 13.6 Å². The van der Waals surface area contributed by atoms with Crippen LogP contribution in [0.3, 0.4) is 0 Å². The monoisotopic (exact) mass is 543 g/mol. The molecule has 0 aliphatic carbocycles. The Labute approximate surface area is 198 Å². The molecular formula is C22H28F2IN5O. The lowest BCUT2D eigenvalue weighted by Gasteiger charge is -2.36. The smallest absolute Gasteiger partial charge is 0.242 e. The molecule has 168 valence electrons. The van der Waals surface area contributed by atoms with Gasteiger partial charge >= 0.3 is 0 Å². The SMILES string of the molecule is CCNC(=NCc1cc(F)ccc1F)NCC(=O)N1CCN(c2ccccc2)CC1.I. The maximum atomic E-state index is 13.8. The number of rotatable bonds is 6. The maximum absolute atomic E-state index is 13.8. The predicted molar refractivity (Wildman–Crippen MR) is 130 cm³/mol. The number of halogens is 3. The van der Waals surface area contributed by atoms with Gasteiger partial charge in [-0.1, -0.05) is 18.2 Å². The summed E-state index contributed by atoms with van der Waals surface area (Å²) in [5, 5.41) is 6.00. The number of amides is 1. The standard InChI is InChI=1S/C22H27F2N5O.HI/c1-2-25-22(26-15-17-14-18(23)8-9-20(17)24)27-16-21(30)29-12-10-28(11-13-29)19-6-4-3-5-7-19;/h3-9,14H,2,10-13,15-16H2,1H3,(H2,25,26,27);1H. The third kappa shape index (κ3) is 7.34. The molecule has 0 spiro atoms.